The molecule has 4 rings (SSSR count). The standard InChI is InChI=1S/C28H28N2O2/c1-20-7-11-22(12-8-20)17-29-18-26-25-6-4-3-5-23(25)13-16-27(26)32-19-28(31)30-24-14-9-21(2)10-15-24/h3-16,29H,17-19H2,1-2H3,(H,30,31). The number of benzene rings is 4. The maximum absolute atomic E-state index is 12.4. The summed E-state index contributed by atoms with van der Waals surface area (Å²) in [6, 6.07) is 28.5. The second-order valence-electron chi connectivity index (χ2n) is 8.06. The van der Waals surface area contributed by atoms with Gasteiger partial charge >= 0.3 is 0 Å². The van der Waals surface area contributed by atoms with Gasteiger partial charge in [-0.25, -0.2) is 0 Å². The van der Waals surface area contributed by atoms with Crippen LogP contribution in [0.15, 0.2) is 84.9 Å². The summed E-state index contributed by atoms with van der Waals surface area (Å²) < 4.78 is 5.97. The third-order valence-electron chi connectivity index (χ3n) is 5.44. The van der Waals surface area contributed by atoms with E-state index in [-0.39, 0.29) is 12.5 Å². The SMILES string of the molecule is Cc1ccc(CNCc2c(OCC(=O)Nc3ccc(C)cc3)ccc3ccccc23)cc1. The average molecular weight is 425 g/mol. The Bertz CT molecular complexity index is 1200. The monoisotopic (exact) mass is 424 g/mol. The van der Waals surface area contributed by atoms with Gasteiger partial charge in [0.1, 0.15) is 5.75 Å². The van der Waals surface area contributed by atoms with Gasteiger partial charge in [-0.15, -0.1) is 0 Å². The van der Waals surface area contributed by atoms with Crippen LogP contribution in [0.1, 0.15) is 22.3 Å². The number of carbonyl (C=O) groups is 1. The van der Waals surface area contributed by atoms with Crippen molar-refractivity contribution in [2.75, 3.05) is 11.9 Å². The van der Waals surface area contributed by atoms with Gasteiger partial charge in [0.25, 0.3) is 5.91 Å². The molecule has 32 heavy (non-hydrogen) atoms. The zero-order chi connectivity index (χ0) is 22.3. The van der Waals surface area contributed by atoms with Crippen LogP contribution in [0.4, 0.5) is 5.69 Å². The molecule has 162 valence electrons. The molecular formula is C28H28N2O2. The van der Waals surface area contributed by atoms with E-state index in [1.54, 1.807) is 0 Å². The Hall–Kier alpha value is -3.63. The summed E-state index contributed by atoms with van der Waals surface area (Å²) in [5.41, 5.74) is 5.46. The molecule has 4 aromatic rings. The normalized spacial score (nSPS) is 10.8. The highest BCUT2D eigenvalue weighted by molar-refractivity contribution is 5.92. The topological polar surface area (TPSA) is 50.4 Å². The molecule has 2 N–H and O–H groups in total. The molecule has 0 heterocycles. The van der Waals surface area contributed by atoms with E-state index in [1.807, 2.05) is 55.5 Å². The molecule has 0 aliphatic heterocycles. The van der Waals surface area contributed by atoms with Crippen molar-refractivity contribution < 1.29 is 9.53 Å². The van der Waals surface area contributed by atoms with Crippen LogP contribution in [0.25, 0.3) is 10.8 Å². The molecule has 0 fully saturated rings. The Morgan fingerprint density at radius 3 is 2.22 bits per heavy atom. The van der Waals surface area contributed by atoms with Crippen LogP contribution in [0.2, 0.25) is 0 Å². The van der Waals surface area contributed by atoms with E-state index in [9.17, 15) is 4.79 Å². The van der Waals surface area contributed by atoms with E-state index < -0.39 is 0 Å². The number of anilines is 1. The Labute approximate surface area is 189 Å². The number of ether oxygens (including phenoxy) is 1. The van der Waals surface area contributed by atoms with E-state index in [4.69, 9.17) is 4.74 Å². The quantitative estimate of drug-likeness (QED) is 0.378. The summed E-state index contributed by atoms with van der Waals surface area (Å²) >= 11 is 0. The first kappa shape index (κ1) is 21.6. The summed E-state index contributed by atoms with van der Waals surface area (Å²) in [5, 5.41) is 8.68. The molecule has 0 saturated carbocycles. The van der Waals surface area contributed by atoms with Crippen LogP contribution in [0.3, 0.4) is 0 Å². The molecule has 1 amide bonds. The van der Waals surface area contributed by atoms with E-state index in [0.717, 1.165) is 39.9 Å². The number of hydrogen-bond donors (Lipinski definition) is 2. The first-order valence-electron chi connectivity index (χ1n) is 10.8. The Kier molecular flexibility index (Phi) is 6.83. The van der Waals surface area contributed by atoms with Gasteiger partial charge in [-0.3, -0.25) is 4.79 Å². The second kappa shape index (κ2) is 10.1. The highest BCUT2D eigenvalue weighted by Gasteiger charge is 2.11. The zero-order valence-corrected chi connectivity index (χ0v) is 18.5. The molecule has 4 heteroatoms. The van der Waals surface area contributed by atoms with Crippen molar-refractivity contribution in [1.29, 1.82) is 0 Å². The van der Waals surface area contributed by atoms with E-state index in [2.05, 4.69) is 54.0 Å². The molecule has 0 unspecified atom stereocenters. The van der Waals surface area contributed by atoms with Crippen molar-refractivity contribution in [3.8, 4) is 5.75 Å². The summed E-state index contributed by atoms with van der Waals surface area (Å²) in [5.74, 6) is 0.541. The van der Waals surface area contributed by atoms with Gasteiger partial charge in [0.05, 0.1) is 0 Å². The van der Waals surface area contributed by atoms with Gasteiger partial charge in [0.2, 0.25) is 0 Å². The molecule has 0 aromatic heterocycles. The largest absolute Gasteiger partial charge is 0.483 e. The number of hydrogen-bond acceptors (Lipinski definition) is 3. The van der Waals surface area contributed by atoms with Gasteiger partial charge in [-0.2, -0.15) is 0 Å². The van der Waals surface area contributed by atoms with Gasteiger partial charge in [-0.1, -0.05) is 77.9 Å². The Morgan fingerprint density at radius 2 is 1.47 bits per heavy atom. The fourth-order valence-electron chi connectivity index (χ4n) is 3.65. The fourth-order valence-corrected chi connectivity index (χ4v) is 3.65. The van der Waals surface area contributed by atoms with Crippen LogP contribution >= 0.6 is 0 Å². The first-order valence-corrected chi connectivity index (χ1v) is 10.8. The maximum atomic E-state index is 12.4. The predicted octanol–water partition coefficient (Wildman–Crippen LogP) is 5.76. The maximum Gasteiger partial charge on any atom is 0.262 e. The molecule has 0 aliphatic rings. The lowest BCUT2D eigenvalue weighted by atomic mass is 10.0. The lowest BCUT2D eigenvalue weighted by Crippen LogP contribution is -2.21. The number of carbonyl (C=O) groups excluding carboxylic acids is 1. The van der Waals surface area contributed by atoms with E-state index in [0.29, 0.717) is 6.54 Å². The molecule has 4 aromatic carbocycles. The fraction of sp³-hybridized carbons (Fsp3) is 0.179. The van der Waals surface area contributed by atoms with Gasteiger partial charge in [-0.05, 0) is 48.4 Å². The molecule has 0 radical (unpaired) electrons. The van der Waals surface area contributed by atoms with Crippen molar-refractivity contribution >= 4 is 22.4 Å². The van der Waals surface area contributed by atoms with Crippen LogP contribution in [-0.4, -0.2) is 12.5 Å². The van der Waals surface area contributed by atoms with Crippen LogP contribution in [0.5, 0.6) is 5.75 Å². The van der Waals surface area contributed by atoms with Crippen LogP contribution < -0.4 is 15.4 Å². The summed E-state index contributed by atoms with van der Waals surface area (Å²) in [4.78, 5) is 12.4. The molecular weight excluding hydrogens is 396 g/mol. The minimum Gasteiger partial charge on any atom is -0.483 e. The zero-order valence-electron chi connectivity index (χ0n) is 18.5. The van der Waals surface area contributed by atoms with Crippen molar-refractivity contribution in [2.45, 2.75) is 26.9 Å². The third-order valence-corrected chi connectivity index (χ3v) is 5.44. The van der Waals surface area contributed by atoms with E-state index in [1.165, 1.54) is 11.1 Å². The molecule has 0 bridgehead atoms. The third kappa shape index (κ3) is 5.54. The van der Waals surface area contributed by atoms with Gasteiger partial charge in [0, 0.05) is 24.3 Å². The second-order valence-corrected chi connectivity index (χ2v) is 8.06. The van der Waals surface area contributed by atoms with Crippen molar-refractivity contribution in [1.82, 2.24) is 5.32 Å². The molecule has 0 atom stereocenters. The number of nitrogens with one attached hydrogen (secondary N) is 2. The van der Waals surface area contributed by atoms with E-state index >= 15 is 0 Å². The minimum atomic E-state index is -0.180. The lowest BCUT2D eigenvalue weighted by molar-refractivity contribution is -0.118. The number of fused-ring (bicyclic) bond motifs is 1. The Balaban J connectivity index is 1.45. The lowest BCUT2D eigenvalue weighted by Gasteiger charge is -2.15. The highest BCUT2D eigenvalue weighted by Crippen LogP contribution is 2.28. The average Bonchev–Trinajstić information content (AvgIpc) is 2.81. The number of rotatable bonds is 8. The molecule has 0 aliphatic carbocycles. The number of aryl methyl sites for hydroxylation is 2. The molecule has 0 saturated heterocycles. The predicted molar refractivity (Wildman–Crippen MR) is 131 cm³/mol. The van der Waals surface area contributed by atoms with Gasteiger partial charge in [0.15, 0.2) is 6.61 Å². The Morgan fingerprint density at radius 1 is 0.781 bits per heavy atom. The smallest absolute Gasteiger partial charge is 0.262 e. The summed E-state index contributed by atoms with van der Waals surface area (Å²) in [6.07, 6.45) is 0. The van der Waals surface area contributed by atoms with Crippen LogP contribution in [0, 0.1) is 13.8 Å². The van der Waals surface area contributed by atoms with Crippen molar-refractivity contribution in [3.63, 3.8) is 0 Å². The van der Waals surface area contributed by atoms with Crippen molar-refractivity contribution in [3.05, 3.63) is 107 Å². The van der Waals surface area contributed by atoms with Gasteiger partial charge < -0.3 is 15.4 Å². The number of amides is 1. The minimum absolute atomic E-state index is 0.0445. The highest BCUT2D eigenvalue weighted by atomic mass is 16.5. The first-order chi connectivity index (χ1) is 15.6. The molecule has 0 spiro atoms. The van der Waals surface area contributed by atoms with Crippen LogP contribution in [-0.2, 0) is 17.9 Å². The summed E-state index contributed by atoms with van der Waals surface area (Å²) in [7, 11) is 0. The van der Waals surface area contributed by atoms with Crippen molar-refractivity contribution in [2.24, 2.45) is 0 Å². The molecule has 4 nitrogen and oxygen atoms in total. The summed E-state index contributed by atoms with van der Waals surface area (Å²) in [6.45, 7) is 5.47.